The van der Waals surface area contributed by atoms with Gasteiger partial charge in [0.15, 0.2) is 0 Å². The molecule has 1 N–H and O–H groups in total. The number of ether oxygens (including phenoxy) is 1. The number of benzene rings is 2. The van der Waals surface area contributed by atoms with E-state index in [1.165, 1.54) is 29.8 Å². The fourth-order valence-corrected chi connectivity index (χ4v) is 3.92. The van der Waals surface area contributed by atoms with Crippen LogP contribution in [-0.2, 0) is 16.0 Å². The van der Waals surface area contributed by atoms with Gasteiger partial charge in [-0.25, -0.2) is 4.39 Å². The number of carbonyl (C=O) groups excluding carboxylic acids is 2. The molecule has 1 aliphatic rings. The van der Waals surface area contributed by atoms with Gasteiger partial charge < -0.3 is 15.0 Å². The average molecular weight is 413 g/mol. The van der Waals surface area contributed by atoms with Gasteiger partial charge in [-0.2, -0.15) is 0 Å². The van der Waals surface area contributed by atoms with E-state index in [0.717, 1.165) is 12.0 Å². The molecular weight excluding hydrogens is 383 g/mol. The lowest BCUT2D eigenvalue weighted by Gasteiger charge is -2.37. The number of hydrogen-bond acceptors (Lipinski definition) is 3. The molecule has 30 heavy (non-hydrogen) atoms. The van der Waals surface area contributed by atoms with Gasteiger partial charge in [0.25, 0.3) is 5.91 Å². The van der Waals surface area contributed by atoms with Crippen molar-refractivity contribution in [1.82, 2.24) is 10.2 Å². The van der Waals surface area contributed by atoms with Crippen LogP contribution in [0.2, 0.25) is 0 Å². The zero-order valence-corrected chi connectivity index (χ0v) is 17.6. The summed E-state index contributed by atoms with van der Waals surface area (Å²) in [5.74, 6) is -0.879. The third kappa shape index (κ3) is 5.45. The molecule has 0 saturated carbocycles. The molecule has 0 bridgehead atoms. The van der Waals surface area contributed by atoms with Crippen molar-refractivity contribution in [2.45, 2.75) is 25.7 Å². The third-order valence-electron chi connectivity index (χ3n) is 5.66. The lowest BCUT2D eigenvalue weighted by atomic mass is 9.83. The molecule has 0 spiro atoms. The minimum absolute atomic E-state index is 0.0622. The van der Waals surface area contributed by atoms with Crippen molar-refractivity contribution < 1.29 is 18.7 Å². The summed E-state index contributed by atoms with van der Waals surface area (Å²) in [4.78, 5) is 27.5. The van der Waals surface area contributed by atoms with Crippen molar-refractivity contribution in [2.24, 2.45) is 5.92 Å². The van der Waals surface area contributed by atoms with Crippen molar-refractivity contribution in [2.75, 3.05) is 33.4 Å². The first-order valence-electron chi connectivity index (χ1n) is 10.4. The number of piperidine rings is 1. The van der Waals surface area contributed by atoms with E-state index in [-0.39, 0.29) is 29.5 Å². The molecule has 2 aromatic carbocycles. The number of methoxy groups -OCH3 is 1. The van der Waals surface area contributed by atoms with Crippen molar-refractivity contribution in [3.8, 4) is 0 Å². The molecule has 2 aromatic rings. The number of amides is 2. The Hall–Kier alpha value is -2.73. The molecule has 2 atom stereocenters. The zero-order valence-electron chi connectivity index (χ0n) is 17.6. The molecule has 1 aliphatic heterocycles. The van der Waals surface area contributed by atoms with Gasteiger partial charge in [0.1, 0.15) is 5.82 Å². The Morgan fingerprint density at radius 2 is 1.80 bits per heavy atom. The summed E-state index contributed by atoms with van der Waals surface area (Å²) < 4.78 is 18.3. The first kappa shape index (κ1) is 22.0. The Balaban J connectivity index is 1.81. The predicted octanol–water partition coefficient (Wildman–Crippen LogP) is 3.40. The highest BCUT2D eigenvalue weighted by Crippen LogP contribution is 2.31. The SMILES string of the molecule is CCc1ccc([C@H]2C[C@H](C(=O)NCCOC)CN(C(=O)c3ccc(F)cc3)C2)cc1. The van der Waals surface area contributed by atoms with Gasteiger partial charge in [0.05, 0.1) is 12.5 Å². The molecule has 1 heterocycles. The van der Waals surface area contributed by atoms with Crippen molar-refractivity contribution in [3.63, 3.8) is 0 Å². The number of halogens is 1. The maximum absolute atomic E-state index is 13.3. The van der Waals surface area contributed by atoms with E-state index in [4.69, 9.17) is 4.74 Å². The van der Waals surface area contributed by atoms with Crippen LogP contribution in [-0.4, -0.2) is 50.1 Å². The Kier molecular flexibility index (Phi) is 7.57. The molecule has 3 rings (SSSR count). The lowest BCUT2D eigenvalue weighted by Crippen LogP contribution is -2.48. The second kappa shape index (κ2) is 10.3. The number of nitrogens with one attached hydrogen (secondary N) is 1. The van der Waals surface area contributed by atoms with Crippen LogP contribution in [0.15, 0.2) is 48.5 Å². The van der Waals surface area contributed by atoms with Crippen LogP contribution in [0, 0.1) is 11.7 Å². The molecule has 0 aliphatic carbocycles. The number of nitrogens with zero attached hydrogens (tertiary/aromatic N) is 1. The van der Waals surface area contributed by atoms with E-state index in [1.807, 2.05) is 0 Å². The van der Waals surface area contributed by atoms with Crippen LogP contribution in [0.3, 0.4) is 0 Å². The highest BCUT2D eigenvalue weighted by Gasteiger charge is 2.34. The Morgan fingerprint density at radius 3 is 2.43 bits per heavy atom. The molecule has 6 heteroatoms. The fourth-order valence-electron chi connectivity index (χ4n) is 3.92. The molecule has 2 amide bonds. The lowest BCUT2D eigenvalue weighted by molar-refractivity contribution is -0.126. The van der Waals surface area contributed by atoms with Crippen LogP contribution in [0.5, 0.6) is 0 Å². The molecule has 160 valence electrons. The van der Waals surface area contributed by atoms with E-state index in [2.05, 4.69) is 36.5 Å². The minimum Gasteiger partial charge on any atom is -0.383 e. The van der Waals surface area contributed by atoms with Gasteiger partial charge in [-0.15, -0.1) is 0 Å². The monoisotopic (exact) mass is 412 g/mol. The van der Waals surface area contributed by atoms with E-state index >= 15 is 0 Å². The van der Waals surface area contributed by atoms with E-state index in [0.29, 0.717) is 38.2 Å². The maximum atomic E-state index is 13.3. The van der Waals surface area contributed by atoms with Gasteiger partial charge >= 0.3 is 0 Å². The minimum atomic E-state index is -0.380. The fraction of sp³-hybridized carbons (Fsp3) is 0.417. The first-order valence-corrected chi connectivity index (χ1v) is 10.4. The number of rotatable bonds is 7. The summed E-state index contributed by atoms with van der Waals surface area (Å²) in [6.45, 7) is 3.87. The Morgan fingerprint density at radius 1 is 1.10 bits per heavy atom. The van der Waals surface area contributed by atoms with Gasteiger partial charge in [-0.05, 0) is 48.2 Å². The molecule has 5 nitrogen and oxygen atoms in total. The Labute approximate surface area is 177 Å². The van der Waals surface area contributed by atoms with Crippen LogP contribution in [0.25, 0.3) is 0 Å². The normalized spacial score (nSPS) is 18.8. The highest BCUT2D eigenvalue weighted by molar-refractivity contribution is 5.94. The standard InChI is InChI=1S/C24H29FN2O3/c1-3-17-4-6-18(7-5-17)20-14-21(23(28)26-12-13-30-2)16-27(15-20)24(29)19-8-10-22(25)11-9-19/h4-11,20-21H,3,12-16H2,1-2H3,(H,26,28)/t20-,21-/m0/s1. The van der Waals surface area contributed by atoms with Crippen LogP contribution >= 0.6 is 0 Å². The third-order valence-corrected chi connectivity index (χ3v) is 5.66. The Bertz CT molecular complexity index is 852. The van der Waals surface area contributed by atoms with Crippen molar-refractivity contribution in [1.29, 1.82) is 0 Å². The molecule has 0 unspecified atom stereocenters. The van der Waals surface area contributed by atoms with Crippen molar-refractivity contribution in [3.05, 3.63) is 71.0 Å². The topological polar surface area (TPSA) is 58.6 Å². The predicted molar refractivity (Wildman–Crippen MR) is 114 cm³/mol. The van der Waals surface area contributed by atoms with Crippen LogP contribution in [0.4, 0.5) is 4.39 Å². The molecule has 1 fully saturated rings. The van der Waals surface area contributed by atoms with E-state index in [9.17, 15) is 14.0 Å². The van der Waals surface area contributed by atoms with Gasteiger partial charge in [-0.3, -0.25) is 9.59 Å². The number of aryl methyl sites for hydroxylation is 1. The second-order valence-corrected chi connectivity index (χ2v) is 7.73. The summed E-state index contributed by atoms with van der Waals surface area (Å²) in [6.07, 6.45) is 1.64. The van der Waals surface area contributed by atoms with Crippen LogP contribution in [0.1, 0.15) is 40.7 Å². The van der Waals surface area contributed by atoms with E-state index < -0.39 is 0 Å². The van der Waals surface area contributed by atoms with Gasteiger partial charge in [0, 0.05) is 38.2 Å². The summed E-state index contributed by atoms with van der Waals surface area (Å²) in [6, 6.07) is 13.9. The quantitative estimate of drug-likeness (QED) is 0.709. The number of likely N-dealkylation sites (tertiary alicyclic amines) is 1. The highest BCUT2D eigenvalue weighted by atomic mass is 19.1. The van der Waals surface area contributed by atoms with Crippen LogP contribution < -0.4 is 5.32 Å². The van der Waals surface area contributed by atoms with Gasteiger partial charge in [-0.1, -0.05) is 31.2 Å². The summed E-state index contributed by atoms with van der Waals surface area (Å²) in [7, 11) is 1.59. The molecule has 0 aromatic heterocycles. The molecular formula is C24H29FN2O3. The first-order chi connectivity index (χ1) is 14.5. The van der Waals surface area contributed by atoms with E-state index in [1.54, 1.807) is 12.0 Å². The van der Waals surface area contributed by atoms with Gasteiger partial charge in [0.2, 0.25) is 5.91 Å². The molecule has 1 saturated heterocycles. The number of carbonyl (C=O) groups is 2. The van der Waals surface area contributed by atoms with Crippen molar-refractivity contribution >= 4 is 11.8 Å². The molecule has 0 radical (unpaired) electrons. The summed E-state index contributed by atoms with van der Waals surface area (Å²) >= 11 is 0. The average Bonchev–Trinajstić information content (AvgIpc) is 2.79. The smallest absolute Gasteiger partial charge is 0.253 e. The summed E-state index contributed by atoms with van der Waals surface area (Å²) in [5.41, 5.74) is 2.80. The zero-order chi connectivity index (χ0) is 21.5. The second-order valence-electron chi connectivity index (χ2n) is 7.73. The summed E-state index contributed by atoms with van der Waals surface area (Å²) in [5, 5.41) is 2.90. The number of hydrogen-bond donors (Lipinski definition) is 1. The largest absolute Gasteiger partial charge is 0.383 e. The maximum Gasteiger partial charge on any atom is 0.253 e.